The Morgan fingerprint density at radius 3 is 2.55 bits per heavy atom. The van der Waals surface area contributed by atoms with E-state index in [4.69, 9.17) is 0 Å². The van der Waals surface area contributed by atoms with E-state index in [1.165, 1.54) is 51.4 Å². The molecule has 0 radical (unpaired) electrons. The molecule has 0 bridgehead atoms. The van der Waals surface area contributed by atoms with E-state index in [0.717, 1.165) is 36.5 Å². The van der Waals surface area contributed by atoms with Crippen molar-refractivity contribution in [1.29, 1.82) is 0 Å². The Morgan fingerprint density at radius 2 is 1.70 bits per heavy atom. The third-order valence-electron chi connectivity index (χ3n) is 8.42. The molecule has 6 unspecified atom stereocenters. The van der Waals surface area contributed by atoms with Crippen LogP contribution >= 0.6 is 0 Å². The van der Waals surface area contributed by atoms with Crippen LogP contribution in [0.2, 0.25) is 0 Å². The lowest BCUT2D eigenvalue weighted by Crippen LogP contribution is -2.53. The molecule has 4 rings (SSSR count). The van der Waals surface area contributed by atoms with Crippen LogP contribution in [0.3, 0.4) is 0 Å². The van der Waals surface area contributed by atoms with Crippen molar-refractivity contribution >= 4 is 0 Å². The molecule has 0 aliphatic heterocycles. The molecule has 114 valence electrons. The molecule has 4 aliphatic carbocycles. The molecule has 0 saturated heterocycles. The molecule has 0 heterocycles. The first kappa shape index (κ1) is 13.6. The first-order chi connectivity index (χ1) is 9.53. The molecule has 20 heavy (non-hydrogen) atoms. The van der Waals surface area contributed by atoms with Crippen LogP contribution in [0.25, 0.3) is 0 Å². The van der Waals surface area contributed by atoms with Gasteiger partial charge in [0, 0.05) is 0 Å². The van der Waals surface area contributed by atoms with Crippen LogP contribution in [0.1, 0.15) is 78.1 Å². The Bertz CT molecular complexity index is 391. The molecule has 1 nitrogen and oxygen atoms in total. The summed E-state index contributed by atoms with van der Waals surface area (Å²) in [6.07, 6.45) is 13.8. The highest BCUT2D eigenvalue weighted by Gasteiger charge is 2.57. The van der Waals surface area contributed by atoms with E-state index >= 15 is 0 Å². The first-order valence-electron chi connectivity index (χ1n) is 9.21. The quantitative estimate of drug-likeness (QED) is 0.675. The minimum atomic E-state index is 0.00459. The number of fused-ring (bicyclic) bond motifs is 5. The topological polar surface area (TPSA) is 20.2 Å². The molecule has 1 N–H and O–H groups in total. The average molecular weight is 276 g/mol. The molecule has 0 aromatic carbocycles. The fraction of sp³-hybridized carbons (Fsp3) is 1.00. The zero-order valence-corrected chi connectivity index (χ0v) is 13.4. The molecule has 0 spiro atoms. The highest BCUT2D eigenvalue weighted by molar-refractivity contribution is 5.07. The summed E-state index contributed by atoms with van der Waals surface area (Å²) >= 11 is 0. The predicted molar refractivity (Wildman–Crippen MR) is 82.4 cm³/mol. The third kappa shape index (κ3) is 1.77. The zero-order valence-electron chi connectivity index (χ0n) is 13.4. The minimum absolute atomic E-state index is 0.00459. The number of rotatable bonds is 0. The standard InChI is InChI=1S/C19H32O/c1-18-9-3-4-16(18)15-6-5-13-12-14(20)7-11-19(13,2)17(15)8-10-18/h13-17,20H,3-12H2,1-2H3/t13?,14-,15?,16?,17?,18?,19?/m0/s1. The van der Waals surface area contributed by atoms with Gasteiger partial charge in [0.15, 0.2) is 0 Å². The van der Waals surface area contributed by atoms with Crippen LogP contribution < -0.4 is 0 Å². The van der Waals surface area contributed by atoms with Gasteiger partial charge in [0.25, 0.3) is 0 Å². The summed E-state index contributed by atoms with van der Waals surface area (Å²) in [4.78, 5) is 0. The number of hydrogen-bond donors (Lipinski definition) is 1. The summed E-state index contributed by atoms with van der Waals surface area (Å²) in [5.74, 6) is 3.85. The molecule has 0 amide bonds. The fourth-order valence-corrected chi connectivity index (χ4v) is 7.23. The summed E-state index contributed by atoms with van der Waals surface area (Å²) in [6, 6.07) is 0. The SMILES string of the molecule is CC12CCCC1C1CCC3C[C@@H](O)CCC3(C)C1CC2. The summed E-state index contributed by atoms with van der Waals surface area (Å²) < 4.78 is 0. The van der Waals surface area contributed by atoms with E-state index < -0.39 is 0 Å². The monoisotopic (exact) mass is 276 g/mol. The Morgan fingerprint density at radius 1 is 0.850 bits per heavy atom. The molecule has 7 atom stereocenters. The van der Waals surface area contributed by atoms with Crippen molar-refractivity contribution in [1.82, 2.24) is 0 Å². The van der Waals surface area contributed by atoms with Crippen LogP contribution in [0, 0.1) is 34.5 Å². The Labute approximate surface area is 124 Å². The molecule has 0 aromatic rings. The van der Waals surface area contributed by atoms with Crippen LogP contribution in [-0.4, -0.2) is 11.2 Å². The predicted octanol–water partition coefficient (Wildman–Crippen LogP) is 4.78. The average Bonchev–Trinajstić information content (AvgIpc) is 2.81. The van der Waals surface area contributed by atoms with Gasteiger partial charge in [-0.25, -0.2) is 0 Å². The van der Waals surface area contributed by atoms with Gasteiger partial charge in [-0.05, 0) is 92.3 Å². The minimum Gasteiger partial charge on any atom is -0.393 e. The second kappa shape index (κ2) is 4.48. The lowest BCUT2D eigenvalue weighted by Gasteiger charge is -2.60. The van der Waals surface area contributed by atoms with Crippen molar-refractivity contribution in [2.75, 3.05) is 0 Å². The molecule has 1 heteroatoms. The maximum Gasteiger partial charge on any atom is 0.0543 e. The highest BCUT2D eigenvalue weighted by Crippen LogP contribution is 2.66. The molecule has 4 fully saturated rings. The maximum atomic E-state index is 10.0. The number of aliphatic hydroxyl groups excluding tert-OH is 1. The largest absolute Gasteiger partial charge is 0.393 e. The lowest BCUT2D eigenvalue weighted by atomic mass is 9.45. The van der Waals surface area contributed by atoms with Crippen molar-refractivity contribution < 1.29 is 5.11 Å². The highest BCUT2D eigenvalue weighted by atomic mass is 16.3. The summed E-state index contributed by atoms with van der Waals surface area (Å²) in [6.45, 7) is 5.19. The Hall–Kier alpha value is -0.0400. The van der Waals surface area contributed by atoms with Gasteiger partial charge >= 0.3 is 0 Å². The summed E-state index contributed by atoms with van der Waals surface area (Å²) in [5.41, 5.74) is 1.25. The van der Waals surface area contributed by atoms with Crippen molar-refractivity contribution in [3.63, 3.8) is 0 Å². The number of hydrogen-bond acceptors (Lipinski definition) is 1. The van der Waals surface area contributed by atoms with Crippen LogP contribution in [0.4, 0.5) is 0 Å². The summed E-state index contributed by atoms with van der Waals surface area (Å²) in [5, 5.41) is 10.0. The fourth-order valence-electron chi connectivity index (χ4n) is 7.23. The molecular formula is C19H32O. The van der Waals surface area contributed by atoms with Crippen LogP contribution in [-0.2, 0) is 0 Å². The van der Waals surface area contributed by atoms with Crippen molar-refractivity contribution in [3.8, 4) is 0 Å². The van der Waals surface area contributed by atoms with Gasteiger partial charge in [0.2, 0.25) is 0 Å². The normalized spacial score (nSPS) is 58.6. The first-order valence-corrected chi connectivity index (χ1v) is 9.21. The van der Waals surface area contributed by atoms with E-state index in [1.807, 2.05) is 0 Å². The molecule has 4 aliphatic rings. The second-order valence-corrected chi connectivity index (χ2v) is 9.17. The molecule has 0 aromatic heterocycles. The van der Waals surface area contributed by atoms with E-state index in [2.05, 4.69) is 13.8 Å². The van der Waals surface area contributed by atoms with Gasteiger partial charge < -0.3 is 5.11 Å². The second-order valence-electron chi connectivity index (χ2n) is 9.17. The van der Waals surface area contributed by atoms with E-state index in [9.17, 15) is 5.11 Å². The van der Waals surface area contributed by atoms with Crippen molar-refractivity contribution in [2.24, 2.45) is 34.5 Å². The molecule has 4 saturated carbocycles. The van der Waals surface area contributed by atoms with Gasteiger partial charge in [-0.1, -0.05) is 20.3 Å². The lowest BCUT2D eigenvalue weighted by molar-refractivity contribution is -0.120. The summed E-state index contributed by atoms with van der Waals surface area (Å²) in [7, 11) is 0. The zero-order chi connectivity index (χ0) is 14.0. The molecular weight excluding hydrogens is 244 g/mol. The van der Waals surface area contributed by atoms with Gasteiger partial charge in [-0.15, -0.1) is 0 Å². The van der Waals surface area contributed by atoms with Gasteiger partial charge in [0.05, 0.1) is 6.10 Å². The van der Waals surface area contributed by atoms with E-state index in [0.29, 0.717) is 10.8 Å². The van der Waals surface area contributed by atoms with Gasteiger partial charge in [-0.3, -0.25) is 0 Å². The number of aliphatic hydroxyl groups is 1. The Kier molecular flexibility index (Phi) is 3.05. The smallest absolute Gasteiger partial charge is 0.0543 e. The van der Waals surface area contributed by atoms with E-state index in [1.54, 1.807) is 0 Å². The maximum absolute atomic E-state index is 10.0. The Balaban J connectivity index is 1.62. The van der Waals surface area contributed by atoms with Crippen LogP contribution in [0.5, 0.6) is 0 Å². The van der Waals surface area contributed by atoms with Gasteiger partial charge in [0.1, 0.15) is 0 Å². The third-order valence-corrected chi connectivity index (χ3v) is 8.42. The van der Waals surface area contributed by atoms with E-state index in [-0.39, 0.29) is 6.10 Å². The van der Waals surface area contributed by atoms with Crippen molar-refractivity contribution in [2.45, 2.75) is 84.2 Å². The van der Waals surface area contributed by atoms with Crippen LogP contribution in [0.15, 0.2) is 0 Å². The van der Waals surface area contributed by atoms with Crippen molar-refractivity contribution in [3.05, 3.63) is 0 Å². The van der Waals surface area contributed by atoms with Gasteiger partial charge in [-0.2, -0.15) is 0 Å².